The molecule has 6 heteroatoms. The lowest BCUT2D eigenvalue weighted by molar-refractivity contribution is 0.0945. The minimum absolute atomic E-state index is 0.0848. The summed E-state index contributed by atoms with van der Waals surface area (Å²) in [7, 11) is 0. The molecule has 0 aliphatic carbocycles. The molecule has 1 amide bonds. The van der Waals surface area contributed by atoms with E-state index in [-0.39, 0.29) is 11.4 Å². The third-order valence-electron chi connectivity index (χ3n) is 2.62. The number of carbonyl (C=O) groups is 1. The van der Waals surface area contributed by atoms with Crippen molar-refractivity contribution in [2.24, 2.45) is 10.9 Å². The number of rotatable bonds is 4. The molecule has 0 spiro atoms. The fourth-order valence-electron chi connectivity index (χ4n) is 1.43. The highest BCUT2D eigenvalue weighted by Crippen LogP contribution is 2.09. The number of halogens is 1. The molecule has 0 fully saturated rings. The minimum atomic E-state index is -0.577. The summed E-state index contributed by atoms with van der Waals surface area (Å²) in [6.07, 6.45) is 0.468. The molecule has 0 aliphatic heterocycles. The Bertz CT molecular complexity index is 474. The lowest BCUT2D eigenvalue weighted by atomic mass is 10.1. The van der Waals surface area contributed by atoms with E-state index in [0.29, 0.717) is 12.0 Å². The molecule has 0 saturated heterocycles. The largest absolute Gasteiger partial charge is 0.409 e. The molecular formula is C12H16FN3O2. The molecule has 5 nitrogen and oxygen atoms in total. The van der Waals surface area contributed by atoms with E-state index in [4.69, 9.17) is 10.9 Å². The summed E-state index contributed by atoms with van der Waals surface area (Å²) in [5.74, 6) is -0.995. The van der Waals surface area contributed by atoms with E-state index < -0.39 is 17.8 Å². The Morgan fingerprint density at radius 2 is 2.28 bits per heavy atom. The van der Waals surface area contributed by atoms with Crippen molar-refractivity contribution in [2.45, 2.75) is 26.3 Å². The normalized spacial score (nSPS) is 13.2. The first-order valence-electron chi connectivity index (χ1n) is 5.54. The molecule has 1 unspecified atom stereocenters. The predicted molar refractivity (Wildman–Crippen MR) is 66.1 cm³/mol. The van der Waals surface area contributed by atoms with Gasteiger partial charge >= 0.3 is 0 Å². The molecule has 1 aromatic carbocycles. The molecule has 0 saturated carbocycles. The van der Waals surface area contributed by atoms with Gasteiger partial charge in [0.2, 0.25) is 0 Å². The number of amides is 1. The van der Waals surface area contributed by atoms with Crippen LogP contribution in [0.15, 0.2) is 23.4 Å². The molecule has 0 heterocycles. The average Bonchev–Trinajstić information content (AvgIpc) is 2.37. The van der Waals surface area contributed by atoms with Crippen molar-refractivity contribution in [3.63, 3.8) is 0 Å². The summed E-state index contributed by atoms with van der Waals surface area (Å²) in [4.78, 5) is 11.8. The van der Waals surface area contributed by atoms with Crippen LogP contribution in [0, 0.1) is 12.7 Å². The summed E-state index contributed by atoms with van der Waals surface area (Å²) in [5.41, 5.74) is 6.08. The van der Waals surface area contributed by atoms with Crippen LogP contribution in [0.5, 0.6) is 0 Å². The number of nitrogens with two attached hydrogens (primary N) is 1. The van der Waals surface area contributed by atoms with Crippen molar-refractivity contribution < 1.29 is 14.4 Å². The van der Waals surface area contributed by atoms with Gasteiger partial charge in [-0.2, -0.15) is 0 Å². The molecule has 0 aliphatic rings. The van der Waals surface area contributed by atoms with E-state index in [1.54, 1.807) is 13.8 Å². The van der Waals surface area contributed by atoms with Gasteiger partial charge in [0.1, 0.15) is 5.82 Å². The van der Waals surface area contributed by atoms with E-state index in [0.717, 1.165) is 6.07 Å². The maximum Gasteiger partial charge on any atom is 0.251 e. The van der Waals surface area contributed by atoms with Crippen LogP contribution in [-0.4, -0.2) is 23.0 Å². The minimum Gasteiger partial charge on any atom is -0.409 e. The second-order valence-corrected chi connectivity index (χ2v) is 3.92. The lowest BCUT2D eigenvalue weighted by Gasteiger charge is -2.15. The van der Waals surface area contributed by atoms with Gasteiger partial charge in [-0.1, -0.05) is 18.1 Å². The van der Waals surface area contributed by atoms with Crippen LogP contribution in [-0.2, 0) is 0 Å². The summed E-state index contributed by atoms with van der Waals surface area (Å²) < 4.78 is 13.3. The van der Waals surface area contributed by atoms with Gasteiger partial charge in [-0.05, 0) is 31.0 Å². The van der Waals surface area contributed by atoms with E-state index in [9.17, 15) is 9.18 Å². The molecular weight excluding hydrogens is 237 g/mol. The first-order chi connectivity index (χ1) is 8.49. The van der Waals surface area contributed by atoms with Crippen LogP contribution in [0.1, 0.15) is 29.3 Å². The van der Waals surface area contributed by atoms with Crippen molar-refractivity contribution in [1.82, 2.24) is 5.32 Å². The number of benzene rings is 1. The SMILES string of the molecule is CCC(NC(=O)c1ccc(C)c(F)c1)/C(N)=N/O. The second kappa shape index (κ2) is 6.00. The molecule has 0 aromatic heterocycles. The standard InChI is InChI=1S/C12H16FN3O2/c1-3-10(11(14)16-18)15-12(17)8-5-4-7(2)9(13)6-8/h4-6,10,18H,3H2,1-2H3,(H2,14,16)(H,15,17). The maximum atomic E-state index is 13.3. The number of hydrogen-bond donors (Lipinski definition) is 3. The van der Waals surface area contributed by atoms with Gasteiger partial charge in [-0.25, -0.2) is 4.39 Å². The van der Waals surface area contributed by atoms with Crippen molar-refractivity contribution in [3.05, 3.63) is 35.1 Å². The van der Waals surface area contributed by atoms with E-state index in [1.807, 2.05) is 0 Å². The Morgan fingerprint density at radius 1 is 1.61 bits per heavy atom. The van der Waals surface area contributed by atoms with Crippen LogP contribution in [0.4, 0.5) is 4.39 Å². The fraction of sp³-hybridized carbons (Fsp3) is 0.333. The van der Waals surface area contributed by atoms with E-state index >= 15 is 0 Å². The van der Waals surface area contributed by atoms with Gasteiger partial charge in [0.25, 0.3) is 5.91 Å². The van der Waals surface area contributed by atoms with Crippen molar-refractivity contribution >= 4 is 11.7 Å². The molecule has 0 radical (unpaired) electrons. The molecule has 98 valence electrons. The number of carbonyl (C=O) groups excluding carboxylic acids is 1. The zero-order valence-corrected chi connectivity index (χ0v) is 10.3. The zero-order chi connectivity index (χ0) is 13.7. The third kappa shape index (κ3) is 3.19. The maximum absolute atomic E-state index is 13.3. The Morgan fingerprint density at radius 3 is 2.78 bits per heavy atom. The monoisotopic (exact) mass is 253 g/mol. The number of aryl methyl sites for hydroxylation is 1. The lowest BCUT2D eigenvalue weighted by Crippen LogP contribution is -2.44. The fourth-order valence-corrected chi connectivity index (χ4v) is 1.43. The van der Waals surface area contributed by atoms with Crippen molar-refractivity contribution in [3.8, 4) is 0 Å². The molecule has 0 bridgehead atoms. The summed E-state index contributed by atoms with van der Waals surface area (Å²) in [6, 6.07) is 3.62. The zero-order valence-electron chi connectivity index (χ0n) is 10.3. The van der Waals surface area contributed by atoms with Crippen LogP contribution in [0.25, 0.3) is 0 Å². The number of oxime groups is 1. The quantitative estimate of drug-likeness (QED) is 0.328. The van der Waals surface area contributed by atoms with Crippen molar-refractivity contribution in [1.29, 1.82) is 0 Å². The van der Waals surface area contributed by atoms with Crippen LogP contribution < -0.4 is 11.1 Å². The third-order valence-corrected chi connectivity index (χ3v) is 2.62. The number of nitrogens with one attached hydrogen (secondary N) is 1. The van der Waals surface area contributed by atoms with Gasteiger partial charge in [-0.3, -0.25) is 4.79 Å². The number of amidine groups is 1. The predicted octanol–water partition coefficient (Wildman–Crippen LogP) is 1.39. The topological polar surface area (TPSA) is 87.7 Å². The summed E-state index contributed by atoms with van der Waals surface area (Å²) in [6.45, 7) is 3.39. The molecule has 1 atom stereocenters. The van der Waals surface area contributed by atoms with Gasteiger partial charge in [0.15, 0.2) is 5.84 Å². The first kappa shape index (κ1) is 14.0. The van der Waals surface area contributed by atoms with Crippen LogP contribution >= 0.6 is 0 Å². The smallest absolute Gasteiger partial charge is 0.251 e. The van der Waals surface area contributed by atoms with E-state index in [1.165, 1.54) is 12.1 Å². The van der Waals surface area contributed by atoms with Gasteiger partial charge in [0, 0.05) is 5.56 Å². The Labute approximate surface area is 104 Å². The highest BCUT2D eigenvalue weighted by molar-refractivity contribution is 5.98. The Hall–Kier alpha value is -2.11. The van der Waals surface area contributed by atoms with E-state index in [2.05, 4.69) is 10.5 Å². The average molecular weight is 253 g/mol. The summed E-state index contributed by atoms with van der Waals surface area (Å²) in [5, 5.41) is 14.0. The van der Waals surface area contributed by atoms with Crippen molar-refractivity contribution in [2.75, 3.05) is 0 Å². The first-order valence-corrected chi connectivity index (χ1v) is 5.54. The molecule has 1 rings (SSSR count). The summed E-state index contributed by atoms with van der Waals surface area (Å²) >= 11 is 0. The molecule has 4 N–H and O–H groups in total. The highest BCUT2D eigenvalue weighted by atomic mass is 19.1. The van der Waals surface area contributed by atoms with Gasteiger partial charge in [0.05, 0.1) is 6.04 Å². The van der Waals surface area contributed by atoms with Crippen LogP contribution in [0.3, 0.4) is 0 Å². The molecule has 18 heavy (non-hydrogen) atoms. The van der Waals surface area contributed by atoms with Crippen LogP contribution in [0.2, 0.25) is 0 Å². The highest BCUT2D eigenvalue weighted by Gasteiger charge is 2.16. The number of nitrogens with zero attached hydrogens (tertiary/aromatic N) is 1. The molecule has 1 aromatic rings. The Kier molecular flexibility index (Phi) is 4.65. The number of hydrogen-bond acceptors (Lipinski definition) is 3. The Balaban J connectivity index is 2.84. The van der Waals surface area contributed by atoms with Gasteiger partial charge < -0.3 is 16.3 Å². The second-order valence-electron chi connectivity index (χ2n) is 3.92. The van der Waals surface area contributed by atoms with Gasteiger partial charge in [-0.15, -0.1) is 0 Å².